The summed E-state index contributed by atoms with van der Waals surface area (Å²) < 4.78 is 0. The van der Waals surface area contributed by atoms with Crippen molar-refractivity contribution in [2.45, 2.75) is 30.8 Å². The third-order valence-corrected chi connectivity index (χ3v) is 5.12. The molecule has 2 heterocycles. The summed E-state index contributed by atoms with van der Waals surface area (Å²) in [6, 6.07) is 5.67. The van der Waals surface area contributed by atoms with Crippen molar-refractivity contribution in [3.05, 3.63) is 46.9 Å². The molecule has 1 atom stereocenters. The van der Waals surface area contributed by atoms with Crippen LogP contribution in [-0.2, 0) is 11.3 Å². The van der Waals surface area contributed by atoms with Crippen LogP contribution in [-0.4, -0.2) is 39.3 Å². The molecule has 0 unspecified atom stereocenters. The molecule has 2 rings (SSSR count). The summed E-state index contributed by atoms with van der Waals surface area (Å²) in [6.07, 6.45) is 4.18. The lowest BCUT2D eigenvalue weighted by Gasteiger charge is -2.29. The van der Waals surface area contributed by atoms with E-state index in [1.54, 1.807) is 28.6 Å². The number of pyridine rings is 1. The van der Waals surface area contributed by atoms with Crippen LogP contribution in [0.1, 0.15) is 18.9 Å². The lowest BCUT2D eigenvalue weighted by Crippen LogP contribution is -2.42. The smallest absolute Gasteiger partial charge is 0.233 e. The molecular formula is C16H20N2O2S2. The number of carbonyl (C=O) groups excluding carboxylic acids is 1. The van der Waals surface area contributed by atoms with Crippen LogP contribution in [0.15, 0.2) is 46.2 Å². The van der Waals surface area contributed by atoms with Gasteiger partial charge in [0, 0.05) is 23.8 Å². The quantitative estimate of drug-likeness (QED) is 0.753. The molecule has 2 aromatic rings. The molecule has 6 heteroatoms. The molecule has 0 aliphatic rings. The zero-order valence-electron chi connectivity index (χ0n) is 12.5. The number of thioether (sulfide) groups is 1. The Bertz CT molecular complexity index is 557. The number of rotatable bonds is 8. The van der Waals surface area contributed by atoms with Crippen LogP contribution >= 0.6 is 23.1 Å². The zero-order valence-corrected chi connectivity index (χ0v) is 14.1. The molecule has 1 amide bonds. The van der Waals surface area contributed by atoms with Crippen molar-refractivity contribution in [1.29, 1.82) is 0 Å². The molecule has 0 fully saturated rings. The second-order valence-corrected chi connectivity index (χ2v) is 6.70. The van der Waals surface area contributed by atoms with E-state index in [1.165, 1.54) is 11.8 Å². The molecule has 0 aliphatic carbocycles. The Kier molecular flexibility index (Phi) is 6.89. The highest BCUT2D eigenvalue weighted by molar-refractivity contribution is 8.00. The minimum absolute atomic E-state index is 0.00764. The molecule has 0 aliphatic heterocycles. The molecular weight excluding hydrogens is 316 g/mol. The number of hydrogen-bond donors (Lipinski definition) is 1. The van der Waals surface area contributed by atoms with Gasteiger partial charge in [0.25, 0.3) is 0 Å². The molecule has 2 aromatic heterocycles. The first kappa shape index (κ1) is 17.0. The number of amides is 1. The Balaban J connectivity index is 2.01. The number of aliphatic hydroxyl groups is 1. The fourth-order valence-corrected chi connectivity index (χ4v) is 3.54. The van der Waals surface area contributed by atoms with E-state index in [0.29, 0.717) is 12.3 Å². The fraction of sp³-hybridized carbons (Fsp3) is 0.375. The van der Waals surface area contributed by atoms with Gasteiger partial charge in [-0.25, -0.2) is 0 Å². The lowest BCUT2D eigenvalue weighted by atomic mass is 10.2. The maximum Gasteiger partial charge on any atom is 0.233 e. The summed E-state index contributed by atoms with van der Waals surface area (Å²) in [5.41, 5.74) is 1.11. The molecule has 0 aromatic carbocycles. The highest BCUT2D eigenvalue weighted by Crippen LogP contribution is 2.20. The molecule has 0 saturated heterocycles. The van der Waals surface area contributed by atoms with E-state index in [1.807, 2.05) is 35.9 Å². The van der Waals surface area contributed by atoms with E-state index >= 15 is 0 Å². The normalized spacial score (nSPS) is 12.1. The standard InChI is InChI=1S/C16H20N2O2S2/c1-2-14(10-19)18(9-13-5-8-21-11-13)16(20)12-22-15-3-6-17-7-4-15/h3-8,11,14,19H,2,9-10,12H2,1H3/t14-/m1/s1. The topological polar surface area (TPSA) is 53.4 Å². The highest BCUT2D eigenvalue weighted by Gasteiger charge is 2.22. The average molecular weight is 336 g/mol. The average Bonchev–Trinajstić information content (AvgIpc) is 3.07. The van der Waals surface area contributed by atoms with Gasteiger partial charge >= 0.3 is 0 Å². The highest BCUT2D eigenvalue weighted by atomic mass is 32.2. The zero-order chi connectivity index (χ0) is 15.8. The van der Waals surface area contributed by atoms with E-state index in [9.17, 15) is 9.90 Å². The largest absolute Gasteiger partial charge is 0.394 e. The number of hydrogen-bond acceptors (Lipinski definition) is 5. The first-order valence-electron chi connectivity index (χ1n) is 7.18. The Hall–Kier alpha value is -1.37. The molecule has 1 N–H and O–H groups in total. The van der Waals surface area contributed by atoms with Crippen LogP contribution in [0.4, 0.5) is 0 Å². The van der Waals surface area contributed by atoms with Gasteiger partial charge in [0.15, 0.2) is 0 Å². The van der Waals surface area contributed by atoms with Crippen LogP contribution in [0.3, 0.4) is 0 Å². The minimum Gasteiger partial charge on any atom is -0.394 e. The number of aromatic nitrogens is 1. The van der Waals surface area contributed by atoms with Crippen LogP contribution in [0, 0.1) is 0 Å². The van der Waals surface area contributed by atoms with Gasteiger partial charge in [-0.1, -0.05) is 6.92 Å². The lowest BCUT2D eigenvalue weighted by molar-refractivity contribution is -0.132. The van der Waals surface area contributed by atoms with Crippen molar-refractivity contribution in [1.82, 2.24) is 9.88 Å². The molecule has 4 nitrogen and oxygen atoms in total. The number of carbonyl (C=O) groups is 1. The van der Waals surface area contributed by atoms with Crippen LogP contribution in [0.2, 0.25) is 0 Å². The number of nitrogens with zero attached hydrogens (tertiary/aromatic N) is 2. The molecule has 0 radical (unpaired) electrons. The first-order chi connectivity index (χ1) is 10.7. The van der Waals surface area contributed by atoms with Crippen molar-refractivity contribution in [3.63, 3.8) is 0 Å². The number of thiophene rings is 1. The summed E-state index contributed by atoms with van der Waals surface area (Å²) >= 11 is 3.12. The summed E-state index contributed by atoms with van der Waals surface area (Å²) in [4.78, 5) is 19.4. The van der Waals surface area contributed by atoms with Gasteiger partial charge in [0.2, 0.25) is 5.91 Å². The van der Waals surface area contributed by atoms with Crippen molar-refractivity contribution < 1.29 is 9.90 Å². The van der Waals surface area contributed by atoms with Gasteiger partial charge in [-0.2, -0.15) is 11.3 Å². The van der Waals surface area contributed by atoms with Crippen LogP contribution < -0.4 is 0 Å². The predicted molar refractivity (Wildman–Crippen MR) is 91.0 cm³/mol. The maximum absolute atomic E-state index is 12.6. The summed E-state index contributed by atoms with van der Waals surface area (Å²) in [5.74, 6) is 0.416. The fourth-order valence-electron chi connectivity index (χ4n) is 2.11. The molecule has 0 saturated carbocycles. The number of aliphatic hydroxyl groups excluding tert-OH is 1. The Morgan fingerprint density at radius 3 is 2.77 bits per heavy atom. The van der Waals surface area contributed by atoms with Crippen LogP contribution in [0.25, 0.3) is 0 Å². The summed E-state index contributed by atoms with van der Waals surface area (Å²) in [7, 11) is 0. The minimum atomic E-state index is -0.134. The van der Waals surface area contributed by atoms with E-state index in [2.05, 4.69) is 4.98 Å². The van der Waals surface area contributed by atoms with E-state index < -0.39 is 0 Å². The molecule has 118 valence electrons. The third kappa shape index (κ3) is 4.83. The molecule has 22 heavy (non-hydrogen) atoms. The third-order valence-electron chi connectivity index (χ3n) is 3.39. The first-order valence-corrected chi connectivity index (χ1v) is 9.11. The monoisotopic (exact) mass is 336 g/mol. The second kappa shape index (κ2) is 8.92. The van der Waals surface area contributed by atoms with Crippen molar-refractivity contribution >= 4 is 29.0 Å². The Morgan fingerprint density at radius 2 is 2.18 bits per heavy atom. The van der Waals surface area contributed by atoms with Gasteiger partial charge in [-0.15, -0.1) is 11.8 Å². The Morgan fingerprint density at radius 1 is 1.41 bits per heavy atom. The van der Waals surface area contributed by atoms with Gasteiger partial charge in [-0.05, 0) is 40.9 Å². The van der Waals surface area contributed by atoms with E-state index in [-0.39, 0.29) is 18.6 Å². The van der Waals surface area contributed by atoms with Crippen molar-refractivity contribution in [2.24, 2.45) is 0 Å². The van der Waals surface area contributed by atoms with Gasteiger partial charge in [0.1, 0.15) is 0 Å². The van der Waals surface area contributed by atoms with Crippen molar-refractivity contribution in [3.8, 4) is 0 Å². The van der Waals surface area contributed by atoms with Crippen LogP contribution in [0.5, 0.6) is 0 Å². The predicted octanol–water partition coefficient (Wildman–Crippen LogP) is 3.03. The van der Waals surface area contributed by atoms with Gasteiger partial charge < -0.3 is 10.0 Å². The summed E-state index contributed by atoms with van der Waals surface area (Å²) in [5, 5.41) is 13.6. The Labute approximate surface area is 139 Å². The SMILES string of the molecule is CC[C@H](CO)N(Cc1ccsc1)C(=O)CSc1ccncc1. The van der Waals surface area contributed by atoms with Gasteiger partial charge in [-0.3, -0.25) is 9.78 Å². The molecule has 0 bridgehead atoms. The van der Waals surface area contributed by atoms with Crippen molar-refractivity contribution in [2.75, 3.05) is 12.4 Å². The van der Waals surface area contributed by atoms with E-state index in [0.717, 1.165) is 16.9 Å². The van der Waals surface area contributed by atoms with Gasteiger partial charge in [0.05, 0.1) is 18.4 Å². The summed E-state index contributed by atoms with van der Waals surface area (Å²) in [6.45, 7) is 2.54. The maximum atomic E-state index is 12.6. The molecule has 0 spiro atoms. The van der Waals surface area contributed by atoms with E-state index in [4.69, 9.17) is 0 Å². The second-order valence-electron chi connectivity index (χ2n) is 4.87.